The number of nitrogens with zero attached hydrogens (tertiary/aromatic N) is 2. The van der Waals surface area contributed by atoms with Crippen molar-refractivity contribution in [2.24, 2.45) is 0 Å². The van der Waals surface area contributed by atoms with Crippen LogP contribution < -0.4 is 5.56 Å². The molecule has 6 rings (SSSR count). The topological polar surface area (TPSA) is 66.1 Å². The Bertz CT molecular complexity index is 1590. The number of rotatable bonds is 5. The van der Waals surface area contributed by atoms with Gasteiger partial charge in [0.25, 0.3) is 5.56 Å². The third-order valence-electron chi connectivity index (χ3n) is 7.67. The van der Waals surface area contributed by atoms with E-state index in [2.05, 4.69) is 33.0 Å². The molecule has 4 aromatic rings. The molecule has 1 aromatic heterocycles. The minimum absolute atomic E-state index is 0.0115. The second-order valence-corrected chi connectivity index (χ2v) is 11.6. The zero-order valence-electron chi connectivity index (χ0n) is 20.8. The molecule has 1 N–H and O–H groups in total. The summed E-state index contributed by atoms with van der Waals surface area (Å²) in [5.41, 5.74) is 5.21. The number of fused-ring (bicyclic) bond motifs is 1. The Kier molecular flexibility index (Phi) is 6.70. The Morgan fingerprint density at radius 1 is 1.03 bits per heavy atom. The van der Waals surface area contributed by atoms with Gasteiger partial charge in [0.1, 0.15) is 5.82 Å². The number of hydrogen-bond donors (Lipinski definition) is 1. The molecule has 192 valence electrons. The predicted octanol–water partition coefficient (Wildman–Crippen LogP) is 6.45. The van der Waals surface area contributed by atoms with Gasteiger partial charge in [0.05, 0.1) is 29.6 Å². The van der Waals surface area contributed by atoms with Crippen molar-refractivity contribution in [3.63, 3.8) is 0 Å². The van der Waals surface area contributed by atoms with E-state index in [4.69, 9.17) is 16.6 Å². The maximum Gasteiger partial charge on any atom is 0.256 e. The zero-order valence-corrected chi connectivity index (χ0v) is 23.2. The van der Waals surface area contributed by atoms with Gasteiger partial charge in [-0.3, -0.25) is 9.59 Å². The number of carbonyl (C=O) groups is 1. The average molecular weight is 589 g/mol. The number of amides is 1. The van der Waals surface area contributed by atoms with Gasteiger partial charge < -0.3 is 9.88 Å². The fourth-order valence-electron chi connectivity index (χ4n) is 5.45. The van der Waals surface area contributed by atoms with E-state index in [1.807, 2.05) is 60.7 Å². The quantitative estimate of drug-likeness (QED) is 0.291. The summed E-state index contributed by atoms with van der Waals surface area (Å²) in [5, 5.41) is 0.679. The van der Waals surface area contributed by atoms with Crippen molar-refractivity contribution in [3.05, 3.63) is 121 Å². The van der Waals surface area contributed by atoms with Gasteiger partial charge in [0, 0.05) is 16.0 Å². The van der Waals surface area contributed by atoms with Gasteiger partial charge in [0.2, 0.25) is 5.91 Å². The second-order valence-electron chi connectivity index (χ2n) is 10.2. The summed E-state index contributed by atoms with van der Waals surface area (Å²) in [4.78, 5) is 36.6. The van der Waals surface area contributed by atoms with Crippen LogP contribution in [0.15, 0.2) is 82.1 Å². The molecule has 7 heteroatoms. The van der Waals surface area contributed by atoms with Gasteiger partial charge in [-0.1, -0.05) is 76.1 Å². The SMILES string of the molecule is O=C(Cc1cccc(-c2cccc(Cl)c2)c1)N1CCCc2nc(C3(c4cccc(Br)c4)CC3)[nH]c(=O)c2C1. The molecule has 2 aliphatic rings. The Morgan fingerprint density at radius 2 is 1.79 bits per heavy atom. The summed E-state index contributed by atoms with van der Waals surface area (Å²) in [6.45, 7) is 0.892. The van der Waals surface area contributed by atoms with Crippen LogP contribution in [0.2, 0.25) is 5.02 Å². The lowest BCUT2D eigenvalue weighted by molar-refractivity contribution is -0.131. The van der Waals surface area contributed by atoms with Crippen LogP contribution in [-0.2, 0) is 29.6 Å². The number of aromatic amines is 1. The van der Waals surface area contributed by atoms with Gasteiger partial charge in [-0.25, -0.2) is 4.98 Å². The third kappa shape index (κ3) is 4.95. The fraction of sp³-hybridized carbons (Fsp3) is 0.258. The number of H-pyrrole nitrogens is 1. The molecular formula is C31H27BrClN3O2. The highest BCUT2D eigenvalue weighted by Gasteiger charge is 2.48. The van der Waals surface area contributed by atoms with E-state index in [1.165, 1.54) is 5.56 Å². The fourth-order valence-corrected chi connectivity index (χ4v) is 6.04. The van der Waals surface area contributed by atoms with Crippen LogP contribution in [0.1, 0.15) is 47.5 Å². The minimum atomic E-state index is -0.228. The molecule has 0 unspecified atom stereocenters. The second kappa shape index (κ2) is 10.2. The average Bonchev–Trinajstić information content (AvgIpc) is 3.73. The maximum absolute atomic E-state index is 13.4. The van der Waals surface area contributed by atoms with Crippen molar-refractivity contribution in [3.8, 4) is 11.1 Å². The molecule has 1 fully saturated rings. The molecule has 1 amide bonds. The molecule has 0 bridgehead atoms. The molecular weight excluding hydrogens is 562 g/mol. The highest BCUT2D eigenvalue weighted by atomic mass is 79.9. The summed E-state index contributed by atoms with van der Waals surface area (Å²) >= 11 is 9.74. The first-order valence-electron chi connectivity index (χ1n) is 12.9. The lowest BCUT2D eigenvalue weighted by atomic mass is 9.94. The van der Waals surface area contributed by atoms with E-state index in [0.29, 0.717) is 23.6 Å². The van der Waals surface area contributed by atoms with Crippen LogP contribution >= 0.6 is 27.5 Å². The molecule has 1 aliphatic carbocycles. The smallest absolute Gasteiger partial charge is 0.256 e. The van der Waals surface area contributed by atoms with E-state index < -0.39 is 0 Å². The van der Waals surface area contributed by atoms with Crippen molar-refractivity contribution in [1.82, 2.24) is 14.9 Å². The summed E-state index contributed by atoms with van der Waals surface area (Å²) in [5.74, 6) is 0.759. The van der Waals surface area contributed by atoms with Gasteiger partial charge in [-0.2, -0.15) is 0 Å². The standard InChI is InChI=1S/C31H27BrClN3O2/c32-24-9-3-8-23(18-24)31(12-13-31)30-34-27-11-4-14-36(19-26(27)29(38)35-30)28(37)16-20-5-1-6-21(15-20)22-7-2-10-25(33)17-22/h1-3,5-10,15,17-18H,4,11-14,16,19H2,(H,34,35,38). The van der Waals surface area contributed by atoms with E-state index in [0.717, 1.165) is 51.9 Å². The summed E-state index contributed by atoms with van der Waals surface area (Å²) in [6, 6.07) is 23.9. The van der Waals surface area contributed by atoms with Crippen molar-refractivity contribution >= 4 is 33.4 Å². The van der Waals surface area contributed by atoms with Crippen molar-refractivity contribution in [2.75, 3.05) is 6.54 Å². The van der Waals surface area contributed by atoms with Crippen LogP contribution in [-0.4, -0.2) is 27.3 Å². The zero-order chi connectivity index (χ0) is 26.3. The number of nitrogens with one attached hydrogen (secondary N) is 1. The number of aromatic nitrogens is 2. The number of benzene rings is 3. The maximum atomic E-state index is 13.4. The van der Waals surface area contributed by atoms with Gasteiger partial charge in [-0.05, 0) is 72.2 Å². The van der Waals surface area contributed by atoms with E-state index in [1.54, 1.807) is 4.90 Å². The highest BCUT2D eigenvalue weighted by molar-refractivity contribution is 9.10. The molecule has 1 aliphatic heterocycles. The number of aryl methyl sites for hydroxylation is 1. The molecule has 0 atom stereocenters. The normalized spacial score (nSPS) is 16.0. The van der Waals surface area contributed by atoms with Crippen LogP contribution in [0, 0.1) is 0 Å². The predicted molar refractivity (Wildman–Crippen MR) is 153 cm³/mol. The lowest BCUT2D eigenvalue weighted by Crippen LogP contribution is -2.34. The summed E-state index contributed by atoms with van der Waals surface area (Å²) in [7, 11) is 0. The molecule has 0 radical (unpaired) electrons. The van der Waals surface area contributed by atoms with Gasteiger partial charge in [-0.15, -0.1) is 0 Å². The molecule has 5 nitrogen and oxygen atoms in total. The Hall–Kier alpha value is -3.22. The molecule has 0 spiro atoms. The van der Waals surface area contributed by atoms with Crippen LogP contribution in [0.3, 0.4) is 0 Å². The minimum Gasteiger partial charge on any atom is -0.338 e. The Morgan fingerprint density at radius 3 is 2.55 bits per heavy atom. The number of carbonyl (C=O) groups excluding carboxylic acids is 1. The number of hydrogen-bond acceptors (Lipinski definition) is 3. The Balaban J connectivity index is 1.22. The van der Waals surface area contributed by atoms with Crippen molar-refractivity contribution < 1.29 is 4.79 Å². The first-order chi connectivity index (χ1) is 18.4. The van der Waals surface area contributed by atoms with Crippen molar-refractivity contribution in [2.45, 2.75) is 44.1 Å². The molecule has 0 saturated heterocycles. The van der Waals surface area contributed by atoms with E-state index >= 15 is 0 Å². The lowest BCUT2D eigenvalue weighted by Gasteiger charge is -2.21. The third-order valence-corrected chi connectivity index (χ3v) is 8.39. The molecule has 1 saturated carbocycles. The molecule has 3 aromatic carbocycles. The molecule has 38 heavy (non-hydrogen) atoms. The summed E-state index contributed by atoms with van der Waals surface area (Å²) < 4.78 is 1.02. The van der Waals surface area contributed by atoms with Gasteiger partial charge in [0.15, 0.2) is 0 Å². The van der Waals surface area contributed by atoms with Crippen LogP contribution in [0.5, 0.6) is 0 Å². The monoisotopic (exact) mass is 587 g/mol. The number of halogens is 2. The van der Waals surface area contributed by atoms with Gasteiger partial charge >= 0.3 is 0 Å². The van der Waals surface area contributed by atoms with E-state index in [9.17, 15) is 9.59 Å². The first-order valence-corrected chi connectivity index (χ1v) is 14.1. The van der Waals surface area contributed by atoms with Crippen molar-refractivity contribution in [1.29, 1.82) is 0 Å². The van der Waals surface area contributed by atoms with Crippen LogP contribution in [0.25, 0.3) is 11.1 Å². The Labute approximate surface area is 235 Å². The summed E-state index contributed by atoms with van der Waals surface area (Å²) in [6.07, 6.45) is 3.67. The van der Waals surface area contributed by atoms with E-state index in [-0.39, 0.29) is 29.8 Å². The highest BCUT2D eigenvalue weighted by Crippen LogP contribution is 2.52. The first kappa shape index (κ1) is 25.1. The van der Waals surface area contributed by atoms with Crippen LogP contribution in [0.4, 0.5) is 0 Å². The largest absolute Gasteiger partial charge is 0.338 e. The molecule has 2 heterocycles.